The molecule has 0 fully saturated rings. The Balaban J connectivity index is 3.23. The van der Waals surface area contributed by atoms with E-state index in [2.05, 4.69) is 15.9 Å². The van der Waals surface area contributed by atoms with Gasteiger partial charge in [0, 0.05) is 5.56 Å². The molecule has 0 spiro atoms. The molecule has 0 aromatic heterocycles. The molecule has 4 heteroatoms. The van der Waals surface area contributed by atoms with Gasteiger partial charge in [0.15, 0.2) is 17.3 Å². The number of halogens is 2. The molecule has 1 N–H and O–H groups in total. The number of hydrogen-bond donors (Lipinski definition) is 1. The first-order valence-electron chi connectivity index (χ1n) is 3.64. The van der Waals surface area contributed by atoms with Gasteiger partial charge in [0.2, 0.25) is 0 Å². The van der Waals surface area contributed by atoms with Gasteiger partial charge in [-0.15, -0.1) is 0 Å². The van der Waals surface area contributed by atoms with Gasteiger partial charge in [0.1, 0.15) is 0 Å². The van der Waals surface area contributed by atoms with Crippen LogP contribution in [-0.2, 0) is 0 Å². The molecule has 0 bridgehead atoms. The van der Waals surface area contributed by atoms with Crippen molar-refractivity contribution >= 4 is 21.7 Å². The Morgan fingerprint density at radius 1 is 1.62 bits per heavy atom. The highest BCUT2D eigenvalue weighted by Crippen LogP contribution is 2.21. The number of Topliss-reactive ketones (excluding diaryl/α,β-unsaturated/α-hetero) is 1. The molecule has 0 aliphatic rings. The first-order valence-corrected chi connectivity index (χ1v) is 4.76. The van der Waals surface area contributed by atoms with Crippen molar-refractivity contribution in [2.75, 3.05) is 5.33 Å². The predicted octanol–water partition coefficient (Wildman–Crippen LogP) is 2.42. The number of aromatic hydroxyl groups is 1. The minimum absolute atomic E-state index is 0.166. The van der Waals surface area contributed by atoms with Crippen LogP contribution in [0.3, 0.4) is 0 Å². The molecule has 1 aromatic rings. The smallest absolute Gasteiger partial charge is 0.173 e. The van der Waals surface area contributed by atoms with Crippen LogP contribution in [0.2, 0.25) is 0 Å². The predicted molar refractivity (Wildman–Crippen MR) is 50.9 cm³/mol. The van der Waals surface area contributed by atoms with Crippen molar-refractivity contribution in [3.05, 3.63) is 29.1 Å². The fraction of sp³-hybridized carbons (Fsp3) is 0.222. The summed E-state index contributed by atoms with van der Waals surface area (Å²) in [6, 6.07) is 2.29. The third kappa shape index (κ3) is 2.06. The quantitative estimate of drug-likeness (QED) is 0.643. The SMILES string of the molecule is Cc1cc(F)c(O)cc1C(=O)CBr. The number of hydrogen-bond acceptors (Lipinski definition) is 2. The third-order valence-corrected chi connectivity index (χ3v) is 2.22. The molecule has 0 atom stereocenters. The largest absolute Gasteiger partial charge is 0.505 e. The molecule has 70 valence electrons. The molecule has 13 heavy (non-hydrogen) atoms. The Morgan fingerprint density at radius 2 is 2.23 bits per heavy atom. The lowest BCUT2D eigenvalue weighted by Crippen LogP contribution is -2.03. The van der Waals surface area contributed by atoms with E-state index in [9.17, 15) is 9.18 Å². The number of alkyl halides is 1. The summed E-state index contributed by atoms with van der Waals surface area (Å²) in [6.45, 7) is 1.62. The monoisotopic (exact) mass is 246 g/mol. The number of carbonyl (C=O) groups excluding carboxylic acids is 1. The van der Waals surface area contributed by atoms with E-state index in [0.717, 1.165) is 12.1 Å². The lowest BCUT2D eigenvalue weighted by atomic mass is 10.1. The molecule has 2 nitrogen and oxygen atoms in total. The Morgan fingerprint density at radius 3 is 2.77 bits per heavy atom. The highest BCUT2D eigenvalue weighted by atomic mass is 79.9. The number of rotatable bonds is 2. The Hall–Kier alpha value is -0.900. The maximum absolute atomic E-state index is 12.8. The normalized spacial score (nSPS) is 10.1. The number of aryl methyl sites for hydroxylation is 1. The van der Waals surface area contributed by atoms with Crippen molar-refractivity contribution in [2.24, 2.45) is 0 Å². The summed E-state index contributed by atoms with van der Waals surface area (Å²) in [5, 5.41) is 9.19. The van der Waals surface area contributed by atoms with Gasteiger partial charge >= 0.3 is 0 Å². The minimum Gasteiger partial charge on any atom is -0.505 e. The number of phenolic OH excluding ortho intramolecular Hbond substituents is 1. The van der Waals surface area contributed by atoms with Crippen LogP contribution in [0.15, 0.2) is 12.1 Å². The molecule has 0 unspecified atom stereocenters. The van der Waals surface area contributed by atoms with Crippen LogP contribution in [0.5, 0.6) is 5.75 Å². The first-order chi connectivity index (χ1) is 6.06. The van der Waals surface area contributed by atoms with Crippen molar-refractivity contribution in [1.82, 2.24) is 0 Å². The Kier molecular flexibility index (Phi) is 3.03. The Bertz CT molecular complexity index is 350. The number of ketones is 1. The van der Waals surface area contributed by atoms with E-state index in [1.807, 2.05) is 0 Å². The maximum atomic E-state index is 12.8. The second-order valence-electron chi connectivity index (χ2n) is 2.68. The molecule has 0 amide bonds. The summed E-state index contributed by atoms with van der Waals surface area (Å²) < 4.78 is 12.8. The van der Waals surface area contributed by atoms with Gasteiger partial charge in [-0.25, -0.2) is 4.39 Å². The van der Waals surface area contributed by atoms with Gasteiger partial charge in [-0.3, -0.25) is 4.79 Å². The molecule has 1 aromatic carbocycles. The number of benzene rings is 1. The topological polar surface area (TPSA) is 37.3 Å². The van der Waals surface area contributed by atoms with E-state index in [0.29, 0.717) is 11.1 Å². The minimum atomic E-state index is -0.705. The fourth-order valence-electron chi connectivity index (χ4n) is 1.03. The Labute approximate surface area is 83.5 Å². The average Bonchev–Trinajstić information content (AvgIpc) is 2.10. The van der Waals surface area contributed by atoms with Crippen LogP contribution in [0, 0.1) is 12.7 Å². The van der Waals surface area contributed by atoms with Gasteiger partial charge in [-0.2, -0.15) is 0 Å². The highest BCUT2D eigenvalue weighted by Gasteiger charge is 2.11. The van der Waals surface area contributed by atoms with E-state index in [1.165, 1.54) is 0 Å². The zero-order valence-corrected chi connectivity index (χ0v) is 8.56. The molecule has 0 heterocycles. The zero-order chi connectivity index (χ0) is 10.0. The van der Waals surface area contributed by atoms with Crippen LogP contribution in [0.1, 0.15) is 15.9 Å². The van der Waals surface area contributed by atoms with Crippen LogP contribution in [0.4, 0.5) is 4.39 Å². The van der Waals surface area contributed by atoms with E-state index >= 15 is 0 Å². The zero-order valence-electron chi connectivity index (χ0n) is 6.97. The second kappa shape index (κ2) is 3.87. The fourth-order valence-corrected chi connectivity index (χ4v) is 1.34. The summed E-state index contributed by atoms with van der Waals surface area (Å²) in [5.74, 6) is -1.37. The lowest BCUT2D eigenvalue weighted by molar-refractivity contribution is 0.102. The van der Waals surface area contributed by atoms with Crippen LogP contribution in [0.25, 0.3) is 0 Å². The molecule has 0 saturated carbocycles. The van der Waals surface area contributed by atoms with E-state index in [1.54, 1.807) is 6.92 Å². The summed E-state index contributed by atoms with van der Waals surface area (Å²) in [4.78, 5) is 11.2. The molecular formula is C9H8BrFO2. The molecular weight excluding hydrogens is 239 g/mol. The van der Waals surface area contributed by atoms with Crippen molar-refractivity contribution in [3.63, 3.8) is 0 Å². The van der Waals surface area contributed by atoms with Gasteiger partial charge in [0.05, 0.1) is 5.33 Å². The lowest BCUT2D eigenvalue weighted by Gasteiger charge is -2.04. The number of carbonyl (C=O) groups is 1. The second-order valence-corrected chi connectivity index (χ2v) is 3.24. The van der Waals surface area contributed by atoms with Crippen molar-refractivity contribution in [3.8, 4) is 5.75 Å². The van der Waals surface area contributed by atoms with Gasteiger partial charge in [-0.1, -0.05) is 15.9 Å². The average molecular weight is 247 g/mol. The standard InChI is InChI=1S/C9H8BrFO2/c1-5-2-7(11)8(12)3-6(5)9(13)4-10/h2-3,12H,4H2,1H3. The molecule has 1 rings (SSSR count). The van der Waals surface area contributed by atoms with Crippen LogP contribution >= 0.6 is 15.9 Å². The van der Waals surface area contributed by atoms with E-state index in [-0.39, 0.29) is 11.1 Å². The molecule has 0 radical (unpaired) electrons. The molecule has 0 aliphatic carbocycles. The summed E-state index contributed by atoms with van der Waals surface area (Å²) in [6.07, 6.45) is 0. The molecule has 0 aliphatic heterocycles. The van der Waals surface area contributed by atoms with Crippen molar-refractivity contribution in [1.29, 1.82) is 0 Å². The highest BCUT2D eigenvalue weighted by molar-refractivity contribution is 9.09. The van der Waals surface area contributed by atoms with Gasteiger partial charge < -0.3 is 5.11 Å². The van der Waals surface area contributed by atoms with Gasteiger partial charge in [-0.05, 0) is 24.6 Å². The van der Waals surface area contributed by atoms with Crippen molar-refractivity contribution < 1.29 is 14.3 Å². The van der Waals surface area contributed by atoms with Crippen LogP contribution in [-0.4, -0.2) is 16.2 Å². The van der Waals surface area contributed by atoms with Gasteiger partial charge in [0.25, 0.3) is 0 Å². The van der Waals surface area contributed by atoms with E-state index < -0.39 is 11.6 Å². The summed E-state index contributed by atoms with van der Waals surface area (Å²) >= 11 is 3.00. The van der Waals surface area contributed by atoms with E-state index in [4.69, 9.17) is 5.11 Å². The third-order valence-electron chi connectivity index (χ3n) is 1.72. The summed E-state index contributed by atoms with van der Waals surface area (Å²) in [7, 11) is 0. The molecule has 0 saturated heterocycles. The first kappa shape index (κ1) is 10.2. The van der Waals surface area contributed by atoms with Crippen molar-refractivity contribution in [2.45, 2.75) is 6.92 Å². The van der Waals surface area contributed by atoms with Crippen LogP contribution < -0.4 is 0 Å². The maximum Gasteiger partial charge on any atom is 0.173 e. The number of phenols is 1. The summed E-state index contributed by atoms with van der Waals surface area (Å²) in [5.41, 5.74) is 0.871.